The molecule has 2 amide bonds. The van der Waals surface area contributed by atoms with Crippen molar-refractivity contribution < 1.29 is 31.5 Å². The minimum atomic E-state index is -4.12. The molecule has 3 N–H and O–H groups in total. The minimum absolute atomic E-state index is 0.0764. The Hall–Kier alpha value is -3.16. The van der Waals surface area contributed by atoms with Crippen molar-refractivity contribution >= 4 is 39.2 Å². The third kappa shape index (κ3) is 5.51. The van der Waals surface area contributed by atoms with Crippen molar-refractivity contribution in [3.63, 3.8) is 0 Å². The van der Waals surface area contributed by atoms with Crippen LogP contribution in [0.3, 0.4) is 0 Å². The fourth-order valence-electron chi connectivity index (χ4n) is 2.75. The third-order valence-electron chi connectivity index (χ3n) is 4.19. The lowest BCUT2D eigenvalue weighted by Gasteiger charge is -2.26. The SMILES string of the molecule is CC(=O)Nc1ccc(NC(=O)c2c(F)ccc(NS(=O)(=O)N3CCOCC3)c2F)cn1. The quantitative estimate of drug-likeness (QED) is 0.606. The lowest BCUT2D eigenvalue weighted by atomic mass is 10.1. The van der Waals surface area contributed by atoms with Gasteiger partial charge >= 0.3 is 10.2 Å². The summed E-state index contributed by atoms with van der Waals surface area (Å²) in [6.07, 6.45) is 1.18. The minimum Gasteiger partial charge on any atom is -0.379 e. The van der Waals surface area contributed by atoms with Crippen LogP contribution in [0.25, 0.3) is 0 Å². The number of nitrogens with one attached hydrogen (secondary N) is 3. The summed E-state index contributed by atoms with van der Waals surface area (Å²) in [5.41, 5.74) is -1.43. The standard InChI is InChI=1S/C18H19F2N5O5S/c1-11(26)22-15-5-2-12(10-21-15)23-18(27)16-13(19)3-4-14(17(16)20)24-31(28,29)25-6-8-30-9-7-25/h2-5,10,24H,6-9H2,1H3,(H,23,27)(H,21,22,26). The van der Waals surface area contributed by atoms with Crippen molar-refractivity contribution in [2.24, 2.45) is 0 Å². The molecular formula is C18H19F2N5O5S. The van der Waals surface area contributed by atoms with Crippen LogP contribution in [0.1, 0.15) is 17.3 Å². The Balaban J connectivity index is 1.79. The maximum absolute atomic E-state index is 14.9. The van der Waals surface area contributed by atoms with Crippen LogP contribution in [0.5, 0.6) is 0 Å². The Bertz CT molecular complexity index is 1090. The zero-order valence-corrected chi connectivity index (χ0v) is 17.1. The van der Waals surface area contributed by atoms with E-state index in [1.807, 2.05) is 4.72 Å². The van der Waals surface area contributed by atoms with Crippen molar-refractivity contribution in [3.8, 4) is 0 Å². The van der Waals surface area contributed by atoms with E-state index in [1.54, 1.807) is 0 Å². The highest BCUT2D eigenvalue weighted by Gasteiger charge is 2.27. The molecule has 1 aliphatic rings. The molecule has 1 fully saturated rings. The molecule has 0 bridgehead atoms. The normalized spacial score (nSPS) is 14.7. The summed E-state index contributed by atoms with van der Waals surface area (Å²) in [7, 11) is -4.12. The number of benzene rings is 1. The van der Waals surface area contributed by atoms with Gasteiger partial charge in [-0.15, -0.1) is 0 Å². The average molecular weight is 455 g/mol. The number of ether oxygens (including phenoxy) is 1. The molecule has 0 saturated carbocycles. The average Bonchev–Trinajstić information content (AvgIpc) is 2.72. The second kappa shape index (κ2) is 9.32. The number of aromatic nitrogens is 1. The Kier molecular flexibility index (Phi) is 6.77. The molecule has 0 unspecified atom stereocenters. The van der Waals surface area contributed by atoms with Crippen molar-refractivity contribution in [1.82, 2.24) is 9.29 Å². The number of anilines is 3. The molecule has 1 saturated heterocycles. The van der Waals surface area contributed by atoms with Gasteiger partial charge in [-0.1, -0.05) is 0 Å². The van der Waals surface area contributed by atoms with Gasteiger partial charge in [-0.2, -0.15) is 12.7 Å². The van der Waals surface area contributed by atoms with Crippen molar-refractivity contribution in [2.45, 2.75) is 6.92 Å². The molecule has 166 valence electrons. The lowest BCUT2D eigenvalue weighted by molar-refractivity contribution is -0.114. The first-order chi connectivity index (χ1) is 14.7. The zero-order chi connectivity index (χ0) is 22.6. The molecule has 0 radical (unpaired) electrons. The molecule has 1 aromatic heterocycles. The molecular weight excluding hydrogens is 436 g/mol. The fourth-order valence-corrected chi connectivity index (χ4v) is 3.94. The van der Waals surface area contributed by atoms with E-state index in [4.69, 9.17) is 4.74 Å². The van der Waals surface area contributed by atoms with Crippen LogP contribution in [0, 0.1) is 11.6 Å². The Morgan fingerprint density at radius 2 is 1.81 bits per heavy atom. The van der Waals surface area contributed by atoms with Crippen LogP contribution in [-0.2, 0) is 19.7 Å². The maximum Gasteiger partial charge on any atom is 0.301 e. The van der Waals surface area contributed by atoms with Gasteiger partial charge in [-0.25, -0.2) is 13.8 Å². The van der Waals surface area contributed by atoms with Gasteiger partial charge in [0.1, 0.15) is 17.2 Å². The lowest BCUT2D eigenvalue weighted by Crippen LogP contribution is -2.43. The Morgan fingerprint density at radius 3 is 2.42 bits per heavy atom. The number of hydrogen-bond acceptors (Lipinski definition) is 6. The summed E-state index contributed by atoms with van der Waals surface area (Å²) in [4.78, 5) is 27.3. The van der Waals surface area contributed by atoms with E-state index >= 15 is 0 Å². The van der Waals surface area contributed by atoms with Crippen molar-refractivity contribution in [1.29, 1.82) is 0 Å². The topological polar surface area (TPSA) is 130 Å². The number of amides is 2. The molecule has 10 nitrogen and oxygen atoms in total. The van der Waals surface area contributed by atoms with Crippen LogP contribution >= 0.6 is 0 Å². The summed E-state index contributed by atoms with van der Waals surface area (Å²) < 4.78 is 62.1. The number of morpholine rings is 1. The van der Waals surface area contributed by atoms with E-state index in [0.717, 1.165) is 16.4 Å². The Morgan fingerprint density at radius 1 is 1.10 bits per heavy atom. The van der Waals surface area contributed by atoms with Gasteiger partial charge in [0.25, 0.3) is 5.91 Å². The second-order valence-corrected chi connectivity index (χ2v) is 8.14. The molecule has 0 aliphatic carbocycles. The van der Waals surface area contributed by atoms with Gasteiger partial charge in [0.15, 0.2) is 5.82 Å². The summed E-state index contributed by atoms with van der Waals surface area (Å²) in [6.45, 7) is 1.83. The van der Waals surface area contributed by atoms with Crippen LogP contribution in [0.2, 0.25) is 0 Å². The van der Waals surface area contributed by atoms with Crippen LogP contribution in [0.4, 0.5) is 26.0 Å². The number of carbonyl (C=O) groups excluding carboxylic acids is 2. The number of carbonyl (C=O) groups is 2. The Labute approximate surface area is 176 Å². The molecule has 2 heterocycles. The van der Waals surface area contributed by atoms with Crippen LogP contribution < -0.4 is 15.4 Å². The van der Waals surface area contributed by atoms with E-state index in [0.29, 0.717) is 0 Å². The molecule has 1 aliphatic heterocycles. The highest BCUT2D eigenvalue weighted by molar-refractivity contribution is 7.90. The number of hydrogen-bond donors (Lipinski definition) is 3. The highest BCUT2D eigenvalue weighted by Crippen LogP contribution is 2.24. The molecule has 3 rings (SSSR count). The smallest absolute Gasteiger partial charge is 0.301 e. The first-order valence-electron chi connectivity index (χ1n) is 9.06. The molecule has 0 spiro atoms. The van der Waals surface area contributed by atoms with E-state index in [1.165, 1.54) is 25.3 Å². The molecule has 31 heavy (non-hydrogen) atoms. The summed E-state index contributed by atoms with van der Waals surface area (Å²) in [5, 5.41) is 4.71. The fraction of sp³-hybridized carbons (Fsp3) is 0.278. The molecule has 13 heteroatoms. The monoisotopic (exact) mass is 455 g/mol. The third-order valence-corrected chi connectivity index (χ3v) is 5.72. The number of rotatable bonds is 6. The summed E-state index contributed by atoms with van der Waals surface area (Å²) >= 11 is 0. The molecule has 2 aromatic rings. The van der Waals surface area contributed by atoms with Crippen molar-refractivity contribution in [3.05, 3.63) is 47.7 Å². The van der Waals surface area contributed by atoms with E-state index < -0.39 is 39.0 Å². The largest absolute Gasteiger partial charge is 0.379 e. The molecule has 1 aromatic carbocycles. The van der Waals surface area contributed by atoms with E-state index in [2.05, 4.69) is 15.6 Å². The van der Waals surface area contributed by atoms with Crippen molar-refractivity contribution in [2.75, 3.05) is 41.7 Å². The van der Waals surface area contributed by atoms with E-state index in [9.17, 15) is 26.8 Å². The predicted octanol–water partition coefficient (Wildman–Crippen LogP) is 1.56. The molecule has 0 atom stereocenters. The maximum atomic E-state index is 14.9. The van der Waals surface area contributed by atoms with Gasteiger partial charge < -0.3 is 15.4 Å². The highest BCUT2D eigenvalue weighted by atomic mass is 32.2. The first-order valence-corrected chi connectivity index (χ1v) is 10.5. The van der Waals surface area contributed by atoms with E-state index in [-0.39, 0.29) is 43.7 Å². The van der Waals surface area contributed by atoms with Gasteiger partial charge in [0, 0.05) is 20.0 Å². The zero-order valence-electron chi connectivity index (χ0n) is 16.3. The van der Waals surface area contributed by atoms with Gasteiger partial charge in [0.2, 0.25) is 5.91 Å². The van der Waals surface area contributed by atoms with Gasteiger partial charge in [-0.3, -0.25) is 14.3 Å². The number of pyridine rings is 1. The number of nitrogens with zero attached hydrogens (tertiary/aromatic N) is 2. The van der Waals surface area contributed by atoms with Crippen LogP contribution in [0.15, 0.2) is 30.5 Å². The summed E-state index contributed by atoms with van der Waals surface area (Å²) in [5.74, 6) is -3.80. The number of halogens is 2. The van der Waals surface area contributed by atoms with Crippen LogP contribution in [-0.4, -0.2) is 55.8 Å². The summed E-state index contributed by atoms with van der Waals surface area (Å²) in [6, 6.07) is 4.43. The predicted molar refractivity (Wildman–Crippen MR) is 108 cm³/mol. The second-order valence-electron chi connectivity index (χ2n) is 6.47. The first kappa shape index (κ1) is 22.5. The van der Waals surface area contributed by atoms with Gasteiger partial charge in [0.05, 0.1) is 30.8 Å². The van der Waals surface area contributed by atoms with Gasteiger partial charge in [-0.05, 0) is 24.3 Å².